The number of amidine groups is 1. The molecule has 0 bridgehead atoms. The monoisotopic (exact) mass is 360 g/mol. The maximum absolute atomic E-state index is 13.8. The summed E-state index contributed by atoms with van der Waals surface area (Å²) in [6, 6.07) is 13.5. The number of carbonyl (C=O) groups excluding carboxylic acids is 1. The van der Waals surface area contributed by atoms with Gasteiger partial charge >= 0.3 is 0 Å². The zero-order chi connectivity index (χ0) is 17.1. The van der Waals surface area contributed by atoms with Crippen molar-refractivity contribution in [1.82, 2.24) is 4.90 Å². The number of carbonyl (C=O) groups is 1. The number of para-hydroxylation sites is 1. The van der Waals surface area contributed by atoms with Gasteiger partial charge in [-0.1, -0.05) is 41.9 Å². The standard InChI is InChI=1S/C18H14ClFN2OS/c1-2-22-17(23)16(11-12-7-3-4-8-13(12)19)24-18(22)21-15-10-6-5-9-14(15)20/h3-11H,2H2,1H3/b16-11+,21-18?. The van der Waals surface area contributed by atoms with Gasteiger partial charge in [0, 0.05) is 11.6 Å². The molecule has 0 aromatic heterocycles. The first-order chi connectivity index (χ1) is 11.6. The second kappa shape index (κ2) is 7.20. The number of likely N-dealkylation sites (N-methyl/N-ethyl adjacent to an activating group) is 1. The molecule has 1 heterocycles. The zero-order valence-corrected chi connectivity index (χ0v) is 14.4. The lowest BCUT2D eigenvalue weighted by Gasteiger charge is -2.12. The molecule has 1 aliphatic rings. The van der Waals surface area contributed by atoms with Crippen molar-refractivity contribution in [1.29, 1.82) is 0 Å². The van der Waals surface area contributed by atoms with Crippen molar-refractivity contribution in [2.75, 3.05) is 6.54 Å². The van der Waals surface area contributed by atoms with E-state index in [1.54, 1.807) is 30.3 Å². The van der Waals surface area contributed by atoms with Crippen LogP contribution in [0, 0.1) is 5.82 Å². The first-order valence-corrected chi connectivity index (χ1v) is 8.58. The van der Waals surface area contributed by atoms with E-state index in [9.17, 15) is 9.18 Å². The minimum absolute atomic E-state index is 0.155. The Balaban J connectivity index is 1.98. The first kappa shape index (κ1) is 16.7. The van der Waals surface area contributed by atoms with E-state index in [-0.39, 0.29) is 11.6 Å². The van der Waals surface area contributed by atoms with E-state index in [4.69, 9.17) is 11.6 Å². The second-order valence-corrected chi connectivity index (χ2v) is 6.44. The fraction of sp³-hybridized carbons (Fsp3) is 0.111. The van der Waals surface area contributed by atoms with Crippen LogP contribution in [0.4, 0.5) is 10.1 Å². The Morgan fingerprint density at radius 3 is 2.62 bits per heavy atom. The summed E-state index contributed by atoms with van der Waals surface area (Å²) in [6.45, 7) is 2.31. The van der Waals surface area contributed by atoms with Crippen LogP contribution < -0.4 is 0 Å². The average molecular weight is 361 g/mol. The molecule has 2 aromatic rings. The number of hydrogen-bond donors (Lipinski definition) is 0. The number of rotatable bonds is 3. The average Bonchev–Trinajstić information content (AvgIpc) is 2.87. The third-order valence-electron chi connectivity index (χ3n) is 3.46. The van der Waals surface area contributed by atoms with Gasteiger partial charge in [0.25, 0.3) is 5.91 Å². The largest absolute Gasteiger partial charge is 0.287 e. The molecule has 0 N–H and O–H groups in total. The molecule has 0 unspecified atom stereocenters. The van der Waals surface area contributed by atoms with E-state index in [1.807, 2.05) is 25.1 Å². The third kappa shape index (κ3) is 3.37. The van der Waals surface area contributed by atoms with Gasteiger partial charge in [-0.2, -0.15) is 0 Å². The van der Waals surface area contributed by atoms with E-state index in [0.717, 1.165) is 5.56 Å². The third-order valence-corrected chi connectivity index (χ3v) is 4.82. The Morgan fingerprint density at radius 1 is 1.21 bits per heavy atom. The van der Waals surface area contributed by atoms with Crippen molar-refractivity contribution >= 4 is 46.2 Å². The molecule has 3 nitrogen and oxygen atoms in total. The lowest BCUT2D eigenvalue weighted by molar-refractivity contribution is -0.122. The number of halogens is 2. The van der Waals surface area contributed by atoms with Crippen LogP contribution >= 0.6 is 23.4 Å². The van der Waals surface area contributed by atoms with Crippen LogP contribution in [0.15, 0.2) is 58.4 Å². The van der Waals surface area contributed by atoms with Crippen molar-refractivity contribution in [2.45, 2.75) is 6.92 Å². The van der Waals surface area contributed by atoms with Gasteiger partial charge in [0.1, 0.15) is 11.5 Å². The highest BCUT2D eigenvalue weighted by Gasteiger charge is 2.32. The second-order valence-electron chi connectivity index (χ2n) is 5.03. The van der Waals surface area contributed by atoms with Gasteiger partial charge in [-0.05, 0) is 48.5 Å². The fourth-order valence-corrected chi connectivity index (χ4v) is 3.49. The highest BCUT2D eigenvalue weighted by atomic mass is 35.5. The highest BCUT2D eigenvalue weighted by molar-refractivity contribution is 8.18. The van der Waals surface area contributed by atoms with E-state index < -0.39 is 5.82 Å². The quantitative estimate of drug-likeness (QED) is 0.713. The summed E-state index contributed by atoms with van der Waals surface area (Å²) in [4.78, 5) is 18.9. The lowest BCUT2D eigenvalue weighted by atomic mass is 10.2. The van der Waals surface area contributed by atoms with Crippen LogP contribution in [0.25, 0.3) is 6.08 Å². The molecule has 24 heavy (non-hydrogen) atoms. The van der Waals surface area contributed by atoms with Crippen molar-refractivity contribution in [3.63, 3.8) is 0 Å². The minimum atomic E-state index is -0.419. The fourth-order valence-electron chi connectivity index (χ4n) is 2.25. The highest BCUT2D eigenvalue weighted by Crippen LogP contribution is 2.35. The molecule has 2 aromatic carbocycles. The number of amides is 1. The predicted octanol–water partition coefficient (Wildman–Crippen LogP) is 5.10. The van der Waals surface area contributed by atoms with Gasteiger partial charge in [-0.25, -0.2) is 9.38 Å². The summed E-state index contributed by atoms with van der Waals surface area (Å²) in [7, 11) is 0. The number of aliphatic imine (C=N–C) groups is 1. The molecular formula is C18H14ClFN2OS. The number of nitrogens with zero attached hydrogens (tertiary/aromatic N) is 2. The normalized spacial score (nSPS) is 18.0. The molecule has 0 saturated carbocycles. The number of benzene rings is 2. The summed E-state index contributed by atoms with van der Waals surface area (Å²) < 4.78 is 13.8. The zero-order valence-electron chi connectivity index (χ0n) is 12.9. The molecule has 0 aliphatic carbocycles. The van der Waals surface area contributed by atoms with Gasteiger partial charge in [0.2, 0.25) is 0 Å². The van der Waals surface area contributed by atoms with Gasteiger partial charge in [0.15, 0.2) is 5.17 Å². The molecule has 3 rings (SSSR count). The molecule has 0 atom stereocenters. The van der Waals surface area contributed by atoms with E-state index in [2.05, 4.69) is 4.99 Å². The summed E-state index contributed by atoms with van der Waals surface area (Å²) in [5.74, 6) is -0.574. The lowest BCUT2D eigenvalue weighted by Crippen LogP contribution is -2.28. The smallest absolute Gasteiger partial charge is 0.266 e. The summed E-state index contributed by atoms with van der Waals surface area (Å²) in [5, 5.41) is 1.03. The predicted molar refractivity (Wildman–Crippen MR) is 97.9 cm³/mol. The molecule has 6 heteroatoms. The van der Waals surface area contributed by atoms with Gasteiger partial charge in [0.05, 0.1) is 4.91 Å². The molecule has 1 fully saturated rings. The van der Waals surface area contributed by atoms with Crippen LogP contribution in [0.2, 0.25) is 5.02 Å². The Hall–Kier alpha value is -2.11. The summed E-state index contributed by atoms with van der Waals surface area (Å²) in [6.07, 6.45) is 1.74. The molecule has 0 radical (unpaired) electrons. The maximum Gasteiger partial charge on any atom is 0.266 e. The Bertz CT molecular complexity index is 850. The molecule has 0 spiro atoms. The first-order valence-electron chi connectivity index (χ1n) is 7.39. The van der Waals surface area contributed by atoms with Crippen molar-refractivity contribution in [3.8, 4) is 0 Å². The summed E-state index contributed by atoms with van der Waals surface area (Å²) >= 11 is 7.37. The molecule has 1 amide bonds. The molecule has 1 aliphatic heterocycles. The molecule has 122 valence electrons. The minimum Gasteiger partial charge on any atom is -0.287 e. The maximum atomic E-state index is 13.8. The van der Waals surface area contributed by atoms with Crippen LogP contribution in [0.1, 0.15) is 12.5 Å². The van der Waals surface area contributed by atoms with E-state index in [1.165, 1.54) is 22.7 Å². The topological polar surface area (TPSA) is 32.7 Å². The van der Waals surface area contributed by atoms with Crippen LogP contribution in [0.5, 0.6) is 0 Å². The van der Waals surface area contributed by atoms with Gasteiger partial charge < -0.3 is 0 Å². The Labute approximate surface area is 148 Å². The van der Waals surface area contributed by atoms with Crippen molar-refractivity contribution in [3.05, 3.63) is 69.8 Å². The van der Waals surface area contributed by atoms with Crippen LogP contribution in [-0.2, 0) is 4.79 Å². The van der Waals surface area contributed by atoms with Crippen molar-refractivity contribution < 1.29 is 9.18 Å². The molecular weight excluding hydrogens is 347 g/mol. The van der Waals surface area contributed by atoms with Gasteiger partial charge in [-0.3, -0.25) is 9.69 Å². The summed E-state index contributed by atoms with van der Waals surface area (Å²) in [5.41, 5.74) is 0.975. The van der Waals surface area contributed by atoms with Crippen LogP contribution in [-0.4, -0.2) is 22.5 Å². The number of thioether (sulfide) groups is 1. The van der Waals surface area contributed by atoms with Crippen LogP contribution in [0.3, 0.4) is 0 Å². The molecule has 1 saturated heterocycles. The van der Waals surface area contributed by atoms with Gasteiger partial charge in [-0.15, -0.1) is 0 Å². The Kier molecular flexibility index (Phi) is 5.02. The van der Waals surface area contributed by atoms with E-state index >= 15 is 0 Å². The Morgan fingerprint density at radius 2 is 1.92 bits per heavy atom. The SMILES string of the molecule is CCN1C(=O)/C(=C\c2ccccc2Cl)SC1=Nc1ccccc1F. The number of hydrogen-bond acceptors (Lipinski definition) is 3. The van der Waals surface area contributed by atoms with Crippen molar-refractivity contribution in [2.24, 2.45) is 4.99 Å². The van der Waals surface area contributed by atoms with E-state index in [0.29, 0.717) is 21.6 Å².